The molecule has 1 fully saturated rings. The first kappa shape index (κ1) is 16.3. The molecule has 1 aliphatic heterocycles. The molecular formula is C19H21N3O2S. The number of carbonyl (C=O) groups excluding carboxylic acids is 1. The maximum atomic E-state index is 12.8. The number of likely N-dealkylation sites (tertiary alicyclic amines) is 1. The van der Waals surface area contributed by atoms with E-state index in [-0.39, 0.29) is 11.8 Å². The zero-order valence-corrected chi connectivity index (χ0v) is 14.9. The van der Waals surface area contributed by atoms with Gasteiger partial charge in [-0.2, -0.15) is 0 Å². The SMILES string of the molecule is Cc1nc2ccc(C(=O)N3CCC([C@H](O)c4cccs4)CC3)cc2[nH]1. The van der Waals surface area contributed by atoms with Crippen molar-refractivity contribution in [2.75, 3.05) is 13.1 Å². The molecule has 25 heavy (non-hydrogen) atoms. The molecule has 1 aromatic carbocycles. The van der Waals surface area contributed by atoms with Crippen LogP contribution in [0, 0.1) is 12.8 Å². The van der Waals surface area contributed by atoms with Gasteiger partial charge in [-0.25, -0.2) is 4.98 Å². The number of amides is 1. The number of carbonyl (C=O) groups is 1. The number of imidazole rings is 1. The van der Waals surface area contributed by atoms with Gasteiger partial charge in [-0.1, -0.05) is 6.07 Å². The van der Waals surface area contributed by atoms with Crippen LogP contribution in [-0.2, 0) is 0 Å². The number of thiophene rings is 1. The van der Waals surface area contributed by atoms with Crippen LogP contribution in [0.4, 0.5) is 0 Å². The highest BCUT2D eigenvalue weighted by molar-refractivity contribution is 7.10. The van der Waals surface area contributed by atoms with Crippen molar-refractivity contribution in [2.24, 2.45) is 5.92 Å². The Kier molecular flexibility index (Phi) is 4.31. The third kappa shape index (κ3) is 3.19. The minimum Gasteiger partial charge on any atom is -0.387 e. The summed E-state index contributed by atoms with van der Waals surface area (Å²) in [7, 11) is 0. The van der Waals surface area contributed by atoms with Crippen molar-refractivity contribution in [1.82, 2.24) is 14.9 Å². The molecule has 0 saturated carbocycles. The zero-order chi connectivity index (χ0) is 17.4. The highest BCUT2D eigenvalue weighted by atomic mass is 32.1. The predicted molar refractivity (Wildman–Crippen MR) is 98.7 cm³/mol. The van der Waals surface area contributed by atoms with Gasteiger partial charge in [0.25, 0.3) is 5.91 Å². The molecule has 2 N–H and O–H groups in total. The monoisotopic (exact) mass is 355 g/mol. The van der Waals surface area contributed by atoms with E-state index >= 15 is 0 Å². The Morgan fingerprint density at radius 2 is 2.16 bits per heavy atom. The second-order valence-corrected chi connectivity index (χ2v) is 7.62. The van der Waals surface area contributed by atoms with E-state index in [1.54, 1.807) is 11.3 Å². The Labute approximate surface area is 150 Å². The number of rotatable bonds is 3. The van der Waals surface area contributed by atoms with E-state index in [1.807, 2.05) is 47.5 Å². The molecule has 1 atom stereocenters. The van der Waals surface area contributed by atoms with Crippen molar-refractivity contribution in [3.8, 4) is 0 Å². The zero-order valence-electron chi connectivity index (χ0n) is 14.1. The van der Waals surface area contributed by atoms with E-state index in [1.165, 1.54) is 0 Å². The number of piperidine rings is 1. The van der Waals surface area contributed by atoms with E-state index in [4.69, 9.17) is 0 Å². The number of nitrogens with zero attached hydrogens (tertiary/aromatic N) is 2. The summed E-state index contributed by atoms with van der Waals surface area (Å²) in [6.07, 6.45) is 1.24. The summed E-state index contributed by atoms with van der Waals surface area (Å²) in [5.41, 5.74) is 2.46. The van der Waals surface area contributed by atoms with Crippen LogP contribution in [0.5, 0.6) is 0 Å². The molecule has 0 bridgehead atoms. The van der Waals surface area contributed by atoms with Gasteiger partial charge in [0.15, 0.2) is 0 Å². The lowest BCUT2D eigenvalue weighted by Gasteiger charge is -2.34. The maximum Gasteiger partial charge on any atom is 0.253 e. The van der Waals surface area contributed by atoms with Crippen molar-refractivity contribution in [2.45, 2.75) is 25.9 Å². The van der Waals surface area contributed by atoms with E-state index in [9.17, 15) is 9.90 Å². The molecule has 0 aliphatic carbocycles. The van der Waals surface area contributed by atoms with Gasteiger partial charge in [-0.3, -0.25) is 4.79 Å². The van der Waals surface area contributed by atoms with E-state index in [2.05, 4.69) is 9.97 Å². The second kappa shape index (κ2) is 6.61. The van der Waals surface area contributed by atoms with Crippen LogP contribution in [0.15, 0.2) is 35.7 Å². The lowest BCUT2D eigenvalue weighted by atomic mass is 9.90. The predicted octanol–water partition coefficient (Wildman–Crippen LogP) is 3.52. The number of fused-ring (bicyclic) bond motifs is 1. The Morgan fingerprint density at radius 1 is 1.36 bits per heavy atom. The molecule has 3 aromatic rings. The van der Waals surface area contributed by atoms with Crippen LogP contribution in [0.3, 0.4) is 0 Å². The Balaban J connectivity index is 1.43. The maximum absolute atomic E-state index is 12.8. The molecule has 1 saturated heterocycles. The third-order valence-electron chi connectivity index (χ3n) is 4.96. The Hall–Kier alpha value is -2.18. The van der Waals surface area contributed by atoms with Crippen LogP contribution in [-0.4, -0.2) is 39.0 Å². The normalized spacial score (nSPS) is 17.1. The van der Waals surface area contributed by atoms with E-state index in [0.29, 0.717) is 18.7 Å². The van der Waals surface area contributed by atoms with Crippen LogP contribution >= 0.6 is 11.3 Å². The largest absolute Gasteiger partial charge is 0.387 e. The molecule has 0 radical (unpaired) electrons. The molecule has 0 spiro atoms. The van der Waals surface area contributed by atoms with Crippen molar-refractivity contribution in [3.63, 3.8) is 0 Å². The van der Waals surface area contributed by atoms with Crippen molar-refractivity contribution in [1.29, 1.82) is 0 Å². The third-order valence-corrected chi connectivity index (χ3v) is 5.90. The topological polar surface area (TPSA) is 69.2 Å². The number of benzene rings is 1. The first-order valence-corrected chi connectivity index (χ1v) is 9.47. The first-order chi connectivity index (χ1) is 12.1. The van der Waals surface area contributed by atoms with Gasteiger partial charge in [-0.15, -0.1) is 11.3 Å². The molecule has 6 heteroatoms. The lowest BCUT2D eigenvalue weighted by Crippen LogP contribution is -2.39. The molecule has 0 unspecified atom stereocenters. The molecule has 130 valence electrons. The summed E-state index contributed by atoms with van der Waals surface area (Å²) >= 11 is 1.59. The number of aromatic amines is 1. The van der Waals surface area contributed by atoms with Crippen LogP contribution in [0.1, 0.15) is 40.0 Å². The van der Waals surface area contributed by atoms with Gasteiger partial charge in [-0.05, 0) is 55.3 Å². The average Bonchev–Trinajstić information content (AvgIpc) is 3.28. The fourth-order valence-corrected chi connectivity index (χ4v) is 4.37. The number of aliphatic hydroxyl groups excluding tert-OH is 1. The molecular weight excluding hydrogens is 334 g/mol. The van der Waals surface area contributed by atoms with Gasteiger partial charge >= 0.3 is 0 Å². The molecule has 2 aromatic heterocycles. The Morgan fingerprint density at radius 3 is 2.88 bits per heavy atom. The van der Waals surface area contributed by atoms with Gasteiger partial charge < -0.3 is 15.0 Å². The van der Waals surface area contributed by atoms with E-state index < -0.39 is 6.10 Å². The molecule has 3 heterocycles. The molecule has 1 aliphatic rings. The van der Waals surface area contributed by atoms with Gasteiger partial charge in [0.1, 0.15) is 5.82 Å². The smallest absolute Gasteiger partial charge is 0.253 e. The number of aliphatic hydroxyl groups is 1. The van der Waals surface area contributed by atoms with Gasteiger partial charge in [0.05, 0.1) is 17.1 Å². The standard InChI is InChI=1S/C19H21N3O2S/c1-12-20-15-5-4-14(11-16(15)21-12)19(24)22-8-6-13(7-9-22)18(23)17-3-2-10-25-17/h2-5,10-11,13,18,23H,6-9H2,1H3,(H,20,21)/t18-/m0/s1. The van der Waals surface area contributed by atoms with Crippen molar-refractivity contribution >= 4 is 28.3 Å². The van der Waals surface area contributed by atoms with Gasteiger partial charge in [0, 0.05) is 23.5 Å². The quantitative estimate of drug-likeness (QED) is 0.755. The van der Waals surface area contributed by atoms with E-state index in [0.717, 1.165) is 34.6 Å². The summed E-state index contributed by atoms with van der Waals surface area (Å²) in [6, 6.07) is 9.56. The van der Waals surface area contributed by atoms with Crippen LogP contribution in [0.25, 0.3) is 11.0 Å². The summed E-state index contributed by atoms with van der Waals surface area (Å²) < 4.78 is 0. The number of nitrogens with one attached hydrogen (secondary N) is 1. The lowest BCUT2D eigenvalue weighted by molar-refractivity contribution is 0.0474. The highest BCUT2D eigenvalue weighted by Gasteiger charge is 2.29. The summed E-state index contributed by atoms with van der Waals surface area (Å²) in [5.74, 6) is 1.13. The van der Waals surface area contributed by atoms with Crippen LogP contribution in [0.2, 0.25) is 0 Å². The Bertz CT molecular complexity index is 879. The summed E-state index contributed by atoms with van der Waals surface area (Å²) in [4.78, 5) is 23.2. The average molecular weight is 355 g/mol. The molecule has 4 rings (SSSR count). The number of aryl methyl sites for hydroxylation is 1. The number of hydrogen-bond acceptors (Lipinski definition) is 4. The second-order valence-electron chi connectivity index (χ2n) is 6.64. The van der Waals surface area contributed by atoms with Crippen molar-refractivity contribution < 1.29 is 9.90 Å². The minimum atomic E-state index is -0.415. The first-order valence-electron chi connectivity index (χ1n) is 8.59. The summed E-state index contributed by atoms with van der Waals surface area (Å²) in [5, 5.41) is 12.5. The summed E-state index contributed by atoms with van der Waals surface area (Å²) in [6.45, 7) is 3.28. The number of aromatic nitrogens is 2. The van der Waals surface area contributed by atoms with Gasteiger partial charge in [0.2, 0.25) is 0 Å². The highest BCUT2D eigenvalue weighted by Crippen LogP contribution is 2.33. The number of H-pyrrole nitrogens is 1. The molecule has 5 nitrogen and oxygen atoms in total. The molecule has 1 amide bonds. The fourth-order valence-electron chi connectivity index (χ4n) is 3.56. The van der Waals surface area contributed by atoms with Crippen LogP contribution < -0.4 is 0 Å². The number of hydrogen-bond donors (Lipinski definition) is 2. The minimum absolute atomic E-state index is 0.0539. The van der Waals surface area contributed by atoms with Crippen molar-refractivity contribution in [3.05, 3.63) is 52.0 Å². The fraction of sp³-hybridized carbons (Fsp3) is 0.368.